The first-order valence-corrected chi connectivity index (χ1v) is 6.00. The highest BCUT2D eigenvalue weighted by Gasteiger charge is 2.35. The van der Waals surface area contributed by atoms with Gasteiger partial charge >= 0.3 is 6.18 Å². The summed E-state index contributed by atoms with van der Waals surface area (Å²) in [6.07, 6.45) is -4.68. The quantitative estimate of drug-likeness (QED) is 0.763. The highest BCUT2D eigenvalue weighted by molar-refractivity contribution is 6.29. The zero-order valence-corrected chi connectivity index (χ0v) is 11.4. The van der Waals surface area contributed by atoms with Gasteiger partial charge in [0.25, 0.3) is 0 Å². The van der Waals surface area contributed by atoms with Crippen molar-refractivity contribution in [2.75, 3.05) is 0 Å². The van der Waals surface area contributed by atoms with Gasteiger partial charge in [0.15, 0.2) is 0 Å². The van der Waals surface area contributed by atoms with Crippen molar-refractivity contribution >= 4 is 11.6 Å². The molecule has 0 radical (unpaired) electrons. The minimum atomic E-state index is -4.68. The normalized spacial score (nSPS) is 11.5. The van der Waals surface area contributed by atoms with Crippen molar-refractivity contribution in [3.8, 4) is 11.6 Å². The lowest BCUT2D eigenvalue weighted by Gasteiger charge is -2.10. The molecule has 0 aliphatic carbocycles. The van der Waals surface area contributed by atoms with Gasteiger partial charge in [-0.2, -0.15) is 18.2 Å². The standard InChI is InChI=1S/C13H10ClF3N2O/c1-7-3-8(2)5-9(4-7)20-11-6-10(14)18-12(19-11)13(15,16)17/h3-6H,1-2H3. The number of rotatable bonds is 2. The van der Waals surface area contributed by atoms with Crippen LogP contribution in [0.15, 0.2) is 24.3 Å². The molecule has 106 valence electrons. The van der Waals surface area contributed by atoms with Crippen LogP contribution in [-0.4, -0.2) is 9.97 Å². The van der Waals surface area contributed by atoms with Crippen LogP contribution in [0.4, 0.5) is 13.2 Å². The van der Waals surface area contributed by atoms with Crippen LogP contribution in [0.3, 0.4) is 0 Å². The molecule has 7 heteroatoms. The van der Waals surface area contributed by atoms with Crippen LogP contribution in [0.2, 0.25) is 5.15 Å². The van der Waals surface area contributed by atoms with Gasteiger partial charge in [0, 0.05) is 6.07 Å². The van der Waals surface area contributed by atoms with Crippen molar-refractivity contribution in [3.05, 3.63) is 46.4 Å². The fraction of sp³-hybridized carbons (Fsp3) is 0.231. The van der Waals surface area contributed by atoms with Crippen molar-refractivity contribution in [2.24, 2.45) is 0 Å². The van der Waals surface area contributed by atoms with E-state index in [0.29, 0.717) is 5.75 Å². The molecule has 0 N–H and O–H groups in total. The third kappa shape index (κ3) is 3.60. The molecule has 0 unspecified atom stereocenters. The van der Waals surface area contributed by atoms with Gasteiger partial charge in [-0.15, -0.1) is 0 Å². The maximum absolute atomic E-state index is 12.6. The molecular weight excluding hydrogens is 293 g/mol. The van der Waals surface area contributed by atoms with Gasteiger partial charge < -0.3 is 4.74 Å². The zero-order chi connectivity index (χ0) is 14.9. The maximum Gasteiger partial charge on any atom is 0.451 e. The summed E-state index contributed by atoms with van der Waals surface area (Å²) in [4.78, 5) is 6.45. The lowest BCUT2D eigenvalue weighted by atomic mass is 10.1. The molecule has 1 aromatic carbocycles. The average Bonchev–Trinajstić information content (AvgIpc) is 2.25. The Bertz CT molecular complexity index is 624. The lowest BCUT2D eigenvalue weighted by molar-refractivity contribution is -0.145. The lowest BCUT2D eigenvalue weighted by Crippen LogP contribution is -2.11. The second kappa shape index (κ2) is 5.28. The molecule has 20 heavy (non-hydrogen) atoms. The Morgan fingerprint density at radius 1 is 1.00 bits per heavy atom. The minimum Gasteiger partial charge on any atom is -0.439 e. The van der Waals surface area contributed by atoms with Crippen molar-refractivity contribution < 1.29 is 17.9 Å². The summed E-state index contributed by atoms with van der Waals surface area (Å²) in [5, 5.41) is -0.327. The van der Waals surface area contributed by atoms with E-state index in [1.807, 2.05) is 19.9 Å². The largest absolute Gasteiger partial charge is 0.451 e. The molecule has 0 aliphatic heterocycles. The second-order valence-electron chi connectivity index (χ2n) is 4.28. The molecule has 1 aromatic heterocycles. The molecule has 0 spiro atoms. The fourth-order valence-corrected chi connectivity index (χ4v) is 1.86. The number of ether oxygens (including phenoxy) is 1. The fourth-order valence-electron chi connectivity index (χ4n) is 1.69. The first-order valence-electron chi connectivity index (χ1n) is 5.62. The Labute approximate surface area is 118 Å². The molecule has 2 aromatic rings. The molecule has 0 saturated heterocycles. The van der Waals surface area contributed by atoms with Gasteiger partial charge in [0.1, 0.15) is 10.9 Å². The second-order valence-corrected chi connectivity index (χ2v) is 4.66. The summed E-state index contributed by atoms with van der Waals surface area (Å²) >= 11 is 5.55. The Hall–Kier alpha value is -1.82. The van der Waals surface area contributed by atoms with E-state index in [4.69, 9.17) is 16.3 Å². The van der Waals surface area contributed by atoms with E-state index in [1.54, 1.807) is 12.1 Å². The number of benzene rings is 1. The number of aromatic nitrogens is 2. The van der Waals surface area contributed by atoms with Crippen molar-refractivity contribution in [2.45, 2.75) is 20.0 Å². The number of halogens is 4. The Morgan fingerprint density at radius 3 is 2.15 bits per heavy atom. The van der Waals surface area contributed by atoms with Crippen molar-refractivity contribution in [1.29, 1.82) is 0 Å². The highest BCUT2D eigenvalue weighted by Crippen LogP contribution is 2.30. The van der Waals surface area contributed by atoms with Crippen molar-refractivity contribution in [1.82, 2.24) is 9.97 Å². The number of aryl methyl sites for hydroxylation is 2. The van der Waals surface area contributed by atoms with E-state index in [1.165, 1.54) is 0 Å². The monoisotopic (exact) mass is 302 g/mol. The molecule has 0 aliphatic rings. The molecule has 0 amide bonds. The van der Waals surface area contributed by atoms with Crippen molar-refractivity contribution in [3.63, 3.8) is 0 Å². The topological polar surface area (TPSA) is 35.0 Å². The van der Waals surface area contributed by atoms with E-state index in [9.17, 15) is 13.2 Å². The molecule has 1 heterocycles. The van der Waals surface area contributed by atoms with Crippen LogP contribution in [0.1, 0.15) is 17.0 Å². The number of hydrogen-bond donors (Lipinski definition) is 0. The molecule has 3 nitrogen and oxygen atoms in total. The molecule has 0 atom stereocenters. The van der Waals surface area contributed by atoms with E-state index in [0.717, 1.165) is 17.2 Å². The Balaban J connectivity index is 2.36. The maximum atomic E-state index is 12.6. The first kappa shape index (κ1) is 14.6. The third-order valence-electron chi connectivity index (χ3n) is 2.34. The van der Waals surface area contributed by atoms with Gasteiger partial charge in [-0.25, -0.2) is 4.98 Å². The third-order valence-corrected chi connectivity index (χ3v) is 2.54. The van der Waals surface area contributed by atoms with Gasteiger partial charge in [-0.3, -0.25) is 0 Å². The van der Waals surface area contributed by atoms with Gasteiger partial charge in [-0.05, 0) is 37.1 Å². The summed E-state index contributed by atoms with van der Waals surface area (Å²) in [6, 6.07) is 6.43. The molecule has 0 fully saturated rings. The summed E-state index contributed by atoms with van der Waals surface area (Å²) in [5.41, 5.74) is 1.85. The smallest absolute Gasteiger partial charge is 0.439 e. The first-order chi connectivity index (χ1) is 9.24. The van der Waals surface area contributed by atoms with Gasteiger partial charge in [0.2, 0.25) is 11.7 Å². The van der Waals surface area contributed by atoms with E-state index in [2.05, 4.69) is 9.97 Å². The summed E-state index contributed by atoms with van der Waals surface area (Å²) in [5.74, 6) is -1.18. The molecule has 0 bridgehead atoms. The summed E-state index contributed by atoms with van der Waals surface area (Å²) in [6.45, 7) is 3.71. The van der Waals surface area contributed by atoms with E-state index >= 15 is 0 Å². The Morgan fingerprint density at radius 2 is 1.60 bits per heavy atom. The van der Waals surface area contributed by atoms with Crippen LogP contribution in [0, 0.1) is 13.8 Å². The SMILES string of the molecule is Cc1cc(C)cc(Oc2cc(Cl)nc(C(F)(F)F)n2)c1. The van der Waals surface area contributed by atoms with Crippen LogP contribution in [-0.2, 0) is 6.18 Å². The average molecular weight is 303 g/mol. The predicted molar refractivity (Wildman–Crippen MR) is 68.0 cm³/mol. The summed E-state index contributed by atoms with van der Waals surface area (Å²) in [7, 11) is 0. The van der Waals surface area contributed by atoms with Gasteiger partial charge in [-0.1, -0.05) is 17.7 Å². The van der Waals surface area contributed by atoms with Crippen LogP contribution < -0.4 is 4.74 Å². The molecular formula is C13H10ClF3N2O. The van der Waals surface area contributed by atoms with Crippen LogP contribution in [0.25, 0.3) is 0 Å². The molecule has 2 rings (SSSR count). The Kier molecular flexibility index (Phi) is 3.85. The number of alkyl halides is 3. The highest BCUT2D eigenvalue weighted by atomic mass is 35.5. The van der Waals surface area contributed by atoms with Gasteiger partial charge in [0.05, 0.1) is 0 Å². The number of nitrogens with zero attached hydrogens (tertiary/aromatic N) is 2. The number of hydrogen-bond acceptors (Lipinski definition) is 3. The van der Waals surface area contributed by atoms with E-state index in [-0.39, 0.29) is 11.0 Å². The predicted octanol–water partition coefficient (Wildman–Crippen LogP) is 4.56. The molecule has 0 saturated carbocycles. The van der Waals surface area contributed by atoms with E-state index < -0.39 is 12.0 Å². The zero-order valence-electron chi connectivity index (χ0n) is 10.6. The van der Waals surface area contributed by atoms with Crippen LogP contribution in [0.5, 0.6) is 11.6 Å². The minimum absolute atomic E-state index is 0.248. The summed E-state index contributed by atoms with van der Waals surface area (Å²) < 4.78 is 43.0. The van der Waals surface area contributed by atoms with Crippen LogP contribution >= 0.6 is 11.6 Å².